The monoisotopic (exact) mass is 391 g/mol. The van der Waals surface area contributed by atoms with Gasteiger partial charge in [-0.05, 0) is 68.9 Å². The summed E-state index contributed by atoms with van der Waals surface area (Å²) in [6.07, 6.45) is 7.83. The summed E-state index contributed by atoms with van der Waals surface area (Å²) in [6, 6.07) is 3.87. The normalized spacial score (nSPS) is 23.1. The van der Waals surface area contributed by atoms with Gasteiger partial charge >= 0.3 is 0 Å². The van der Waals surface area contributed by atoms with Gasteiger partial charge in [0.1, 0.15) is 5.76 Å². The van der Waals surface area contributed by atoms with Crippen LogP contribution >= 0.6 is 0 Å². The zero-order valence-corrected chi connectivity index (χ0v) is 18.8. The number of ether oxygens (including phenoxy) is 1. The number of furan rings is 1. The van der Waals surface area contributed by atoms with Crippen molar-refractivity contribution in [2.45, 2.75) is 91.6 Å². The minimum absolute atomic E-state index is 0.0682. The second-order valence-corrected chi connectivity index (χ2v) is 10.1. The third-order valence-corrected chi connectivity index (χ3v) is 6.27. The Hall–Kier alpha value is -1.29. The fraction of sp³-hybridized carbons (Fsp3) is 0.792. The molecule has 1 saturated heterocycles. The van der Waals surface area contributed by atoms with Crippen LogP contribution in [0.2, 0.25) is 0 Å². The Morgan fingerprint density at radius 1 is 1.21 bits per heavy atom. The second-order valence-electron chi connectivity index (χ2n) is 10.1. The summed E-state index contributed by atoms with van der Waals surface area (Å²) < 4.78 is 11.5. The maximum atomic E-state index is 12.6. The van der Waals surface area contributed by atoms with Crippen molar-refractivity contribution in [2.24, 2.45) is 17.3 Å². The number of amides is 1. The smallest absolute Gasteiger partial charge is 0.220 e. The molecule has 1 aromatic heterocycles. The molecule has 0 saturated carbocycles. The lowest BCUT2D eigenvalue weighted by Gasteiger charge is -2.45. The van der Waals surface area contributed by atoms with Gasteiger partial charge in [0.2, 0.25) is 5.91 Å². The van der Waals surface area contributed by atoms with Crippen LogP contribution in [0.3, 0.4) is 0 Å². The van der Waals surface area contributed by atoms with Gasteiger partial charge in [-0.3, -0.25) is 4.79 Å². The number of nitrogens with one attached hydrogen (secondary N) is 1. The number of rotatable bonds is 10. The van der Waals surface area contributed by atoms with Gasteiger partial charge in [-0.2, -0.15) is 0 Å². The highest BCUT2D eigenvalue weighted by Crippen LogP contribution is 2.45. The second kappa shape index (κ2) is 9.96. The van der Waals surface area contributed by atoms with Gasteiger partial charge in [0, 0.05) is 25.5 Å². The highest BCUT2D eigenvalue weighted by atomic mass is 16.5. The Morgan fingerprint density at radius 3 is 2.54 bits per heavy atom. The molecule has 0 unspecified atom stereocenters. The van der Waals surface area contributed by atoms with Crippen molar-refractivity contribution in [3.8, 4) is 0 Å². The summed E-state index contributed by atoms with van der Waals surface area (Å²) in [5.74, 6) is 2.24. The standard InChI is InChI=1S/C24H41NO3/c1-18(2)9-10-24(12-15-28-23(5,6)17-24)11-13-25-22(26)16-20(19(3)4)21-8-7-14-27-21/h7-8,14,18-20H,9-13,15-17H2,1-6H3,(H,25,26)/t20-,24-/m0/s1. The Labute approximate surface area is 171 Å². The minimum Gasteiger partial charge on any atom is -0.469 e. The van der Waals surface area contributed by atoms with Gasteiger partial charge in [0.15, 0.2) is 0 Å². The fourth-order valence-corrected chi connectivity index (χ4v) is 4.64. The zero-order chi connectivity index (χ0) is 20.8. The van der Waals surface area contributed by atoms with E-state index in [-0.39, 0.29) is 22.8 Å². The highest BCUT2D eigenvalue weighted by molar-refractivity contribution is 5.76. The fourth-order valence-electron chi connectivity index (χ4n) is 4.64. The van der Waals surface area contributed by atoms with Gasteiger partial charge in [-0.25, -0.2) is 0 Å². The molecule has 2 atom stereocenters. The largest absolute Gasteiger partial charge is 0.469 e. The van der Waals surface area contributed by atoms with Crippen molar-refractivity contribution < 1.29 is 13.9 Å². The molecular formula is C24H41NO3. The van der Waals surface area contributed by atoms with Crippen LogP contribution in [0, 0.1) is 17.3 Å². The summed E-state index contributed by atoms with van der Waals surface area (Å²) in [7, 11) is 0. The molecule has 0 aromatic carbocycles. The van der Waals surface area contributed by atoms with Crippen molar-refractivity contribution in [1.82, 2.24) is 5.32 Å². The molecule has 1 aromatic rings. The molecule has 0 bridgehead atoms. The van der Waals surface area contributed by atoms with Gasteiger partial charge in [-0.1, -0.05) is 34.1 Å². The average molecular weight is 392 g/mol. The van der Waals surface area contributed by atoms with Crippen molar-refractivity contribution in [1.29, 1.82) is 0 Å². The summed E-state index contributed by atoms with van der Waals surface area (Å²) >= 11 is 0. The lowest BCUT2D eigenvalue weighted by atomic mass is 9.68. The van der Waals surface area contributed by atoms with Gasteiger partial charge in [-0.15, -0.1) is 0 Å². The molecule has 1 N–H and O–H groups in total. The van der Waals surface area contributed by atoms with Crippen molar-refractivity contribution >= 4 is 5.91 Å². The van der Waals surface area contributed by atoms with E-state index in [2.05, 4.69) is 46.9 Å². The lowest BCUT2D eigenvalue weighted by Crippen LogP contribution is -2.43. The first-order valence-electron chi connectivity index (χ1n) is 11.1. The topological polar surface area (TPSA) is 51.5 Å². The van der Waals surface area contributed by atoms with Crippen LogP contribution in [0.1, 0.15) is 91.7 Å². The van der Waals surface area contributed by atoms with E-state index < -0.39 is 0 Å². The van der Waals surface area contributed by atoms with Crippen LogP contribution in [0.15, 0.2) is 22.8 Å². The molecule has 160 valence electrons. The molecular weight excluding hydrogens is 350 g/mol. The molecule has 1 aliphatic rings. The zero-order valence-electron chi connectivity index (χ0n) is 18.8. The molecule has 1 amide bonds. The molecule has 28 heavy (non-hydrogen) atoms. The van der Waals surface area contributed by atoms with E-state index in [0.717, 1.165) is 38.2 Å². The van der Waals surface area contributed by atoms with Crippen LogP contribution in [0.4, 0.5) is 0 Å². The van der Waals surface area contributed by atoms with Gasteiger partial charge in [0.05, 0.1) is 11.9 Å². The first kappa shape index (κ1) is 23.0. The van der Waals surface area contributed by atoms with Crippen LogP contribution in [0.5, 0.6) is 0 Å². The van der Waals surface area contributed by atoms with Crippen molar-refractivity contribution in [2.75, 3.05) is 13.2 Å². The summed E-state index contributed by atoms with van der Waals surface area (Å²) in [5.41, 5.74) is 0.207. The third kappa shape index (κ3) is 6.95. The predicted molar refractivity (Wildman–Crippen MR) is 114 cm³/mol. The molecule has 2 rings (SSSR count). The molecule has 1 aliphatic heterocycles. The van der Waals surface area contributed by atoms with Gasteiger partial charge < -0.3 is 14.5 Å². The van der Waals surface area contributed by atoms with E-state index in [1.165, 1.54) is 12.8 Å². The SMILES string of the molecule is CC(C)CC[C@]1(CCNC(=O)C[C@H](c2ccco2)C(C)C)CCOC(C)(C)C1. The molecule has 4 heteroatoms. The molecule has 0 radical (unpaired) electrons. The van der Waals surface area contributed by atoms with E-state index in [0.29, 0.717) is 18.3 Å². The highest BCUT2D eigenvalue weighted by Gasteiger charge is 2.40. The maximum absolute atomic E-state index is 12.6. The van der Waals surface area contributed by atoms with E-state index in [1.54, 1.807) is 6.26 Å². The van der Waals surface area contributed by atoms with E-state index >= 15 is 0 Å². The number of carbonyl (C=O) groups excluding carboxylic acids is 1. The Bertz CT molecular complexity index is 591. The van der Waals surface area contributed by atoms with E-state index in [9.17, 15) is 4.79 Å². The first-order valence-corrected chi connectivity index (χ1v) is 11.1. The van der Waals surface area contributed by atoms with E-state index in [1.807, 2.05) is 12.1 Å². The Morgan fingerprint density at radius 2 is 1.96 bits per heavy atom. The van der Waals surface area contributed by atoms with Crippen molar-refractivity contribution in [3.05, 3.63) is 24.2 Å². The van der Waals surface area contributed by atoms with Gasteiger partial charge in [0.25, 0.3) is 0 Å². The molecule has 4 nitrogen and oxygen atoms in total. The molecule has 2 heterocycles. The first-order chi connectivity index (χ1) is 13.1. The molecule has 0 spiro atoms. The van der Waals surface area contributed by atoms with Crippen LogP contribution in [-0.4, -0.2) is 24.7 Å². The lowest BCUT2D eigenvalue weighted by molar-refractivity contribution is -0.123. The number of hydrogen-bond acceptors (Lipinski definition) is 3. The maximum Gasteiger partial charge on any atom is 0.220 e. The Kier molecular flexibility index (Phi) is 8.18. The predicted octanol–water partition coefficient (Wildman–Crippen LogP) is 5.93. The Balaban J connectivity index is 1.91. The summed E-state index contributed by atoms with van der Waals surface area (Å²) in [6.45, 7) is 14.8. The third-order valence-electron chi connectivity index (χ3n) is 6.27. The van der Waals surface area contributed by atoms with E-state index in [4.69, 9.17) is 9.15 Å². The molecule has 1 fully saturated rings. The number of hydrogen-bond donors (Lipinski definition) is 1. The summed E-state index contributed by atoms with van der Waals surface area (Å²) in [4.78, 5) is 12.6. The molecule has 0 aliphatic carbocycles. The minimum atomic E-state index is -0.0682. The van der Waals surface area contributed by atoms with Crippen LogP contribution in [-0.2, 0) is 9.53 Å². The average Bonchev–Trinajstić information content (AvgIpc) is 3.11. The number of carbonyl (C=O) groups is 1. The van der Waals surface area contributed by atoms with Crippen LogP contribution < -0.4 is 5.32 Å². The van der Waals surface area contributed by atoms with Crippen molar-refractivity contribution in [3.63, 3.8) is 0 Å². The van der Waals surface area contributed by atoms with Crippen LogP contribution in [0.25, 0.3) is 0 Å². The quantitative estimate of drug-likeness (QED) is 0.538. The summed E-state index contributed by atoms with van der Waals surface area (Å²) in [5, 5.41) is 3.20.